The molecule has 0 aliphatic heterocycles. The summed E-state index contributed by atoms with van der Waals surface area (Å²) in [6.45, 7) is 3.09. The highest BCUT2D eigenvalue weighted by atomic mass is 16.6. The second kappa shape index (κ2) is 10.9. The van der Waals surface area contributed by atoms with Gasteiger partial charge in [0.2, 0.25) is 5.75 Å². The van der Waals surface area contributed by atoms with Gasteiger partial charge in [0.25, 0.3) is 0 Å². The van der Waals surface area contributed by atoms with Gasteiger partial charge in [-0.2, -0.15) is 0 Å². The predicted molar refractivity (Wildman–Crippen MR) is 90.8 cm³/mol. The second-order valence-corrected chi connectivity index (χ2v) is 5.56. The van der Waals surface area contributed by atoms with E-state index in [1.165, 1.54) is 14.2 Å². The van der Waals surface area contributed by atoms with E-state index in [0.717, 1.165) is 6.42 Å². The Hall–Kier alpha value is -1.79. The molecule has 0 bridgehead atoms. The van der Waals surface area contributed by atoms with Crippen molar-refractivity contribution in [2.75, 3.05) is 41.7 Å². The van der Waals surface area contributed by atoms with Crippen molar-refractivity contribution in [1.82, 2.24) is 0 Å². The topological polar surface area (TPSA) is 63.2 Å². The Kier molecular flexibility index (Phi) is 9.19. The highest BCUT2D eigenvalue weighted by molar-refractivity contribution is 5.77. The fourth-order valence-electron chi connectivity index (χ4n) is 2.48. The molecule has 0 aliphatic carbocycles. The quantitative estimate of drug-likeness (QED) is 0.456. The number of ether oxygens (including phenoxy) is 5. The Morgan fingerprint density at radius 2 is 1.50 bits per heavy atom. The first-order valence-corrected chi connectivity index (χ1v) is 7.99. The lowest BCUT2D eigenvalue weighted by Crippen LogP contribution is -2.28. The molecule has 0 N–H and O–H groups in total. The maximum absolute atomic E-state index is 12.7. The van der Waals surface area contributed by atoms with Crippen LogP contribution in [0.5, 0.6) is 17.2 Å². The number of carbonyl (C=O) groups excluding carboxylic acids is 1. The molecule has 0 fully saturated rings. The van der Waals surface area contributed by atoms with E-state index in [0.29, 0.717) is 36.9 Å². The Morgan fingerprint density at radius 3 is 2.00 bits per heavy atom. The van der Waals surface area contributed by atoms with Crippen molar-refractivity contribution >= 4 is 5.97 Å². The molecule has 0 saturated heterocycles. The van der Waals surface area contributed by atoms with E-state index in [4.69, 9.17) is 23.7 Å². The highest BCUT2D eigenvalue weighted by Crippen LogP contribution is 2.38. The Morgan fingerprint density at radius 1 is 0.958 bits per heavy atom. The molecule has 0 aromatic heterocycles. The third kappa shape index (κ3) is 5.69. The van der Waals surface area contributed by atoms with Gasteiger partial charge >= 0.3 is 5.97 Å². The van der Waals surface area contributed by atoms with Gasteiger partial charge in [0.1, 0.15) is 0 Å². The van der Waals surface area contributed by atoms with Gasteiger partial charge in [-0.15, -0.1) is 0 Å². The van der Waals surface area contributed by atoms with Gasteiger partial charge < -0.3 is 23.7 Å². The van der Waals surface area contributed by atoms with Crippen LogP contribution in [0.2, 0.25) is 0 Å². The molecule has 0 saturated carbocycles. The van der Waals surface area contributed by atoms with Gasteiger partial charge in [-0.1, -0.05) is 13.0 Å². The molecule has 2 atom stereocenters. The smallest absolute Gasteiger partial charge is 0.314 e. The zero-order valence-corrected chi connectivity index (χ0v) is 15.2. The van der Waals surface area contributed by atoms with E-state index in [-0.39, 0.29) is 17.8 Å². The molecule has 0 radical (unpaired) electrons. The molecule has 1 rings (SSSR count). The first kappa shape index (κ1) is 20.3. The zero-order chi connectivity index (χ0) is 17.9. The minimum absolute atomic E-state index is 0.105. The number of hydrogen-bond donors (Lipinski definition) is 0. The van der Waals surface area contributed by atoms with Crippen molar-refractivity contribution in [1.29, 1.82) is 0 Å². The summed E-state index contributed by atoms with van der Waals surface area (Å²) in [5.41, 5.74) is 0. The van der Waals surface area contributed by atoms with Crippen LogP contribution in [-0.2, 0) is 14.3 Å². The first-order valence-electron chi connectivity index (χ1n) is 7.99. The minimum Gasteiger partial charge on any atom is -0.493 e. The summed E-state index contributed by atoms with van der Waals surface area (Å²) in [5, 5.41) is 0. The van der Waals surface area contributed by atoms with Gasteiger partial charge in [0.05, 0.1) is 20.1 Å². The molecule has 0 aliphatic rings. The fourth-order valence-corrected chi connectivity index (χ4v) is 2.48. The number of hydrogen-bond acceptors (Lipinski definition) is 6. The molecule has 6 heteroatoms. The summed E-state index contributed by atoms with van der Waals surface area (Å²) in [4.78, 5) is 12.7. The van der Waals surface area contributed by atoms with Crippen LogP contribution in [0.15, 0.2) is 18.2 Å². The van der Waals surface area contributed by atoms with Crippen LogP contribution in [0.3, 0.4) is 0 Å². The van der Waals surface area contributed by atoms with Crippen molar-refractivity contribution in [3.63, 3.8) is 0 Å². The Balaban J connectivity index is 2.94. The molecule has 136 valence electrons. The van der Waals surface area contributed by atoms with Gasteiger partial charge in [-0.3, -0.25) is 4.79 Å². The number of carbonyl (C=O) groups is 1. The molecular formula is C18H28O6. The van der Waals surface area contributed by atoms with Crippen LogP contribution < -0.4 is 14.2 Å². The monoisotopic (exact) mass is 340 g/mol. The number of esters is 1. The van der Waals surface area contributed by atoms with Gasteiger partial charge in [-0.25, -0.2) is 0 Å². The van der Waals surface area contributed by atoms with Crippen molar-refractivity contribution in [2.24, 2.45) is 11.8 Å². The molecule has 0 spiro atoms. The largest absolute Gasteiger partial charge is 0.493 e. The minimum atomic E-state index is -0.321. The van der Waals surface area contributed by atoms with Crippen molar-refractivity contribution in [3.05, 3.63) is 18.2 Å². The Bertz CT molecular complexity index is 480. The summed E-state index contributed by atoms with van der Waals surface area (Å²) >= 11 is 0. The lowest BCUT2D eigenvalue weighted by molar-refractivity contribution is -0.141. The highest BCUT2D eigenvalue weighted by Gasteiger charge is 2.28. The number of para-hydroxylation sites is 1. The van der Waals surface area contributed by atoms with Crippen LogP contribution in [0, 0.1) is 11.8 Å². The summed E-state index contributed by atoms with van der Waals surface area (Å²) < 4.78 is 26.4. The molecule has 2 unspecified atom stereocenters. The van der Waals surface area contributed by atoms with E-state index in [2.05, 4.69) is 0 Å². The summed E-state index contributed by atoms with van der Waals surface area (Å²) in [7, 11) is 6.31. The lowest BCUT2D eigenvalue weighted by Gasteiger charge is -2.23. The average Bonchev–Trinajstić information content (AvgIpc) is 2.60. The van der Waals surface area contributed by atoms with Crippen LogP contribution >= 0.6 is 0 Å². The van der Waals surface area contributed by atoms with E-state index >= 15 is 0 Å². The first-order chi connectivity index (χ1) is 11.6. The number of methoxy groups -OCH3 is 4. The fraction of sp³-hybridized carbons (Fsp3) is 0.611. The maximum atomic E-state index is 12.7. The van der Waals surface area contributed by atoms with Crippen LogP contribution in [0.1, 0.15) is 19.8 Å². The predicted octanol–water partition coefficient (Wildman–Crippen LogP) is 2.93. The second-order valence-electron chi connectivity index (χ2n) is 5.56. The molecule has 1 aromatic rings. The van der Waals surface area contributed by atoms with E-state index in [9.17, 15) is 4.79 Å². The van der Waals surface area contributed by atoms with Crippen molar-refractivity contribution < 1.29 is 28.5 Å². The molecule has 1 aromatic carbocycles. The molecule has 0 amide bonds. The van der Waals surface area contributed by atoms with Crippen LogP contribution in [-0.4, -0.2) is 47.6 Å². The van der Waals surface area contributed by atoms with E-state index < -0.39 is 0 Å². The normalized spacial score (nSPS) is 13.2. The lowest BCUT2D eigenvalue weighted by atomic mass is 9.89. The molecule has 6 nitrogen and oxygen atoms in total. The van der Waals surface area contributed by atoms with Crippen LogP contribution in [0.4, 0.5) is 0 Å². The molecule has 0 heterocycles. The maximum Gasteiger partial charge on any atom is 0.314 e. The number of benzene rings is 1. The van der Waals surface area contributed by atoms with Crippen LogP contribution in [0.25, 0.3) is 0 Å². The van der Waals surface area contributed by atoms with Crippen molar-refractivity contribution in [3.8, 4) is 17.2 Å². The Labute approximate surface area is 144 Å². The van der Waals surface area contributed by atoms with E-state index in [1.807, 2.05) is 6.92 Å². The summed E-state index contributed by atoms with van der Waals surface area (Å²) in [6.07, 6.45) is 1.35. The average molecular weight is 340 g/mol. The molecular weight excluding hydrogens is 312 g/mol. The van der Waals surface area contributed by atoms with Gasteiger partial charge in [0.15, 0.2) is 11.5 Å². The third-order valence-electron chi connectivity index (χ3n) is 3.99. The standard InChI is InChI=1S/C18H28O6/c1-13(9-11-20-2)14(10-12-21-3)18(19)24-17-15(22-4)7-6-8-16(17)23-5/h6-8,13-14H,9-12H2,1-5H3. The van der Waals surface area contributed by atoms with E-state index in [1.54, 1.807) is 32.4 Å². The summed E-state index contributed by atoms with van der Waals surface area (Å²) in [6, 6.07) is 5.23. The number of rotatable bonds is 11. The summed E-state index contributed by atoms with van der Waals surface area (Å²) in [5.74, 6) is 0.700. The molecule has 24 heavy (non-hydrogen) atoms. The zero-order valence-electron chi connectivity index (χ0n) is 15.2. The van der Waals surface area contributed by atoms with Crippen molar-refractivity contribution in [2.45, 2.75) is 19.8 Å². The van der Waals surface area contributed by atoms with Gasteiger partial charge in [-0.05, 0) is 30.9 Å². The SMILES string of the molecule is COCCC(C)C(CCOC)C(=O)Oc1c(OC)cccc1OC. The van der Waals surface area contributed by atoms with Gasteiger partial charge in [0, 0.05) is 27.4 Å². The third-order valence-corrected chi connectivity index (χ3v) is 3.99.